The number of hydrogen-bond donors (Lipinski definition) is 2. The highest BCUT2D eigenvalue weighted by atomic mass is 19.1. The molecule has 0 saturated carbocycles. The number of carbonyl (C=O) groups is 2. The van der Waals surface area contributed by atoms with Crippen LogP contribution in [0.3, 0.4) is 0 Å². The molecule has 2 rings (SSSR count). The van der Waals surface area contributed by atoms with Crippen molar-refractivity contribution in [2.24, 2.45) is 5.92 Å². The zero-order chi connectivity index (χ0) is 15.2. The van der Waals surface area contributed by atoms with Gasteiger partial charge in [0, 0.05) is 25.2 Å². The average Bonchev–Trinajstić information content (AvgIpc) is 2.48. The minimum absolute atomic E-state index is 0.154. The van der Waals surface area contributed by atoms with Crippen molar-refractivity contribution in [3.8, 4) is 0 Å². The Kier molecular flexibility index (Phi) is 5.27. The summed E-state index contributed by atoms with van der Waals surface area (Å²) in [6.07, 6.45) is 1.84. The largest absolute Gasteiger partial charge is 0.481 e. The zero-order valence-corrected chi connectivity index (χ0v) is 11.7. The van der Waals surface area contributed by atoms with Crippen LogP contribution in [0.1, 0.15) is 19.3 Å². The lowest BCUT2D eigenvalue weighted by Gasteiger charge is -2.30. The fourth-order valence-corrected chi connectivity index (χ4v) is 2.48. The van der Waals surface area contributed by atoms with Gasteiger partial charge >= 0.3 is 5.97 Å². The molecular weight excluding hydrogens is 275 g/mol. The number of aliphatic carboxylic acids is 1. The van der Waals surface area contributed by atoms with Gasteiger partial charge in [-0.2, -0.15) is 0 Å². The quantitative estimate of drug-likeness (QED) is 0.871. The molecule has 0 radical (unpaired) electrons. The van der Waals surface area contributed by atoms with E-state index in [9.17, 15) is 14.0 Å². The maximum Gasteiger partial charge on any atom is 0.307 e. The Bertz CT molecular complexity index is 504. The number of benzene rings is 1. The predicted octanol–water partition coefficient (Wildman–Crippen LogP) is 1.95. The molecule has 1 aliphatic rings. The van der Waals surface area contributed by atoms with E-state index in [1.165, 1.54) is 24.3 Å². The van der Waals surface area contributed by atoms with Crippen LogP contribution < -0.4 is 5.32 Å². The van der Waals surface area contributed by atoms with Gasteiger partial charge in [0.2, 0.25) is 5.91 Å². The van der Waals surface area contributed by atoms with Gasteiger partial charge in [0.1, 0.15) is 5.82 Å². The van der Waals surface area contributed by atoms with Crippen LogP contribution in [-0.4, -0.2) is 41.5 Å². The van der Waals surface area contributed by atoms with E-state index in [1.807, 2.05) is 4.90 Å². The van der Waals surface area contributed by atoms with Crippen molar-refractivity contribution in [3.05, 3.63) is 30.1 Å². The summed E-state index contributed by atoms with van der Waals surface area (Å²) < 4.78 is 12.7. The van der Waals surface area contributed by atoms with Crippen LogP contribution in [0.2, 0.25) is 0 Å². The maximum absolute atomic E-state index is 12.7. The molecule has 1 amide bonds. The first-order valence-electron chi connectivity index (χ1n) is 7.05. The second kappa shape index (κ2) is 7.17. The molecule has 1 atom stereocenters. The monoisotopic (exact) mass is 294 g/mol. The first-order chi connectivity index (χ1) is 10.0. The van der Waals surface area contributed by atoms with E-state index in [1.54, 1.807) is 0 Å². The van der Waals surface area contributed by atoms with Crippen molar-refractivity contribution in [1.29, 1.82) is 0 Å². The Hall–Kier alpha value is -1.95. The minimum atomic E-state index is -0.768. The van der Waals surface area contributed by atoms with Gasteiger partial charge in [-0.15, -0.1) is 0 Å². The third-order valence-electron chi connectivity index (χ3n) is 3.64. The van der Waals surface area contributed by atoms with Crippen molar-refractivity contribution < 1.29 is 19.1 Å². The molecule has 114 valence electrons. The number of nitrogens with zero attached hydrogens (tertiary/aromatic N) is 1. The molecule has 1 aromatic carbocycles. The molecule has 1 fully saturated rings. The number of carboxylic acid groups (broad SMARTS) is 1. The van der Waals surface area contributed by atoms with Crippen molar-refractivity contribution in [1.82, 2.24) is 4.90 Å². The van der Waals surface area contributed by atoms with Crippen LogP contribution in [0, 0.1) is 11.7 Å². The van der Waals surface area contributed by atoms with Crippen molar-refractivity contribution in [2.75, 3.05) is 25.0 Å². The molecular formula is C15H19FN2O3. The molecule has 0 bridgehead atoms. The number of hydrogen-bond acceptors (Lipinski definition) is 3. The molecule has 1 heterocycles. The van der Waals surface area contributed by atoms with E-state index in [0.717, 1.165) is 13.0 Å². The van der Waals surface area contributed by atoms with E-state index in [-0.39, 0.29) is 17.6 Å². The van der Waals surface area contributed by atoms with E-state index < -0.39 is 5.97 Å². The smallest absolute Gasteiger partial charge is 0.307 e. The highest BCUT2D eigenvalue weighted by Crippen LogP contribution is 2.17. The molecule has 6 heteroatoms. The van der Waals surface area contributed by atoms with E-state index in [4.69, 9.17) is 5.11 Å². The molecule has 0 aliphatic carbocycles. The maximum atomic E-state index is 12.7. The summed E-state index contributed by atoms with van der Waals surface area (Å²) in [5, 5.41) is 11.7. The molecule has 1 aromatic rings. The van der Waals surface area contributed by atoms with Crippen molar-refractivity contribution >= 4 is 17.6 Å². The van der Waals surface area contributed by atoms with Crippen LogP contribution in [0.5, 0.6) is 0 Å². The van der Waals surface area contributed by atoms with Crippen LogP contribution >= 0.6 is 0 Å². The predicted molar refractivity (Wildman–Crippen MR) is 76.4 cm³/mol. The number of piperidine rings is 1. The van der Waals surface area contributed by atoms with Gasteiger partial charge in [-0.3, -0.25) is 9.59 Å². The van der Waals surface area contributed by atoms with E-state index >= 15 is 0 Å². The Morgan fingerprint density at radius 3 is 2.71 bits per heavy atom. The summed E-state index contributed by atoms with van der Waals surface area (Å²) in [4.78, 5) is 24.8. The molecule has 5 nitrogen and oxygen atoms in total. The number of rotatable bonds is 5. The van der Waals surface area contributed by atoms with E-state index in [0.29, 0.717) is 31.6 Å². The van der Waals surface area contributed by atoms with Gasteiger partial charge in [0.05, 0.1) is 5.92 Å². The molecule has 2 N–H and O–H groups in total. The summed E-state index contributed by atoms with van der Waals surface area (Å²) >= 11 is 0. The zero-order valence-electron chi connectivity index (χ0n) is 11.7. The number of carbonyl (C=O) groups excluding carboxylic acids is 1. The lowest BCUT2D eigenvalue weighted by atomic mass is 9.98. The number of amides is 1. The Morgan fingerprint density at radius 1 is 1.33 bits per heavy atom. The van der Waals surface area contributed by atoms with Gasteiger partial charge in [0.15, 0.2) is 0 Å². The number of likely N-dealkylation sites (tertiary alicyclic amines) is 1. The fraction of sp³-hybridized carbons (Fsp3) is 0.467. The lowest BCUT2D eigenvalue weighted by molar-refractivity contribution is -0.143. The molecule has 21 heavy (non-hydrogen) atoms. The normalized spacial score (nSPS) is 19.2. The molecule has 1 saturated heterocycles. The third-order valence-corrected chi connectivity index (χ3v) is 3.64. The highest BCUT2D eigenvalue weighted by molar-refractivity contribution is 5.90. The lowest BCUT2D eigenvalue weighted by Crippen LogP contribution is -2.40. The van der Waals surface area contributed by atoms with Crippen molar-refractivity contribution in [2.45, 2.75) is 19.3 Å². The summed E-state index contributed by atoms with van der Waals surface area (Å²) in [7, 11) is 0. The summed E-state index contributed by atoms with van der Waals surface area (Å²) in [6.45, 7) is 1.86. The highest BCUT2D eigenvalue weighted by Gasteiger charge is 2.25. The van der Waals surface area contributed by atoms with Crippen molar-refractivity contribution in [3.63, 3.8) is 0 Å². The summed E-state index contributed by atoms with van der Waals surface area (Å²) in [5.74, 6) is -1.60. The Labute approximate surface area is 122 Å². The standard InChI is InChI=1S/C15H19FN2O3/c16-12-3-5-13(6-4-12)17-14(19)7-9-18-8-1-2-11(10-18)15(20)21/h3-6,11H,1-2,7-10H2,(H,17,19)(H,20,21). The third kappa shape index (κ3) is 4.82. The van der Waals surface area contributed by atoms with Gasteiger partial charge in [0.25, 0.3) is 0 Å². The van der Waals surface area contributed by atoms with Crippen LogP contribution in [0.4, 0.5) is 10.1 Å². The van der Waals surface area contributed by atoms with Crippen LogP contribution in [-0.2, 0) is 9.59 Å². The second-order valence-electron chi connectivity index (χ2n) is 5.28. The van der Waals surface area contributed by atoms with Gasteiger partial charge in [-0.05, 0) is 43.7 Å². The average molecular weight is 294 g/mol. The summed E-state index contributed by atoms with van der Waals surface area (Å²) in [5.41, 5.74) is 0.559. The minimum Gasteiger partial charge on any atom is -0.481 e. The van der Waals surface area contributed by atoms with Crippen LogP contribution in [0.25, 0.3) is 0 Å². The molecule has 0 aromatic heterocycles. The second-order valence-corrected chi connectivity index (χ2v) is 5.28. The number of halogens is 1. The fourth-order valence-electron chi connectivity index (χ4n) is 2.48. The SMILES string of the molecule is O=C(CCN1CCCC(C(=O)O)C1)Nc1ccc(F)cc1. The van der Waals surface area contributed by atoms with Gasteiger partial charge in [-0.25, -0.2) is 4.39 Å². The van der Waals surface area contributed by atoms with Gasteiger partial charge < -0.3 is 15.3 Å². The number of nitrogens with one attached hydrogen (secondary N) is 1. The van der Waals surface area contributed by atoms with Gasteiger partial charge in [-0.1, -0.05) is 0 Å². The molecule has 1 unspecified atom stereocenters. The Morgan fingerprint density at radius 2 is 2.05 bits per heavy atom. The summed E-state index contributed by atoms with van der Waals surface area (Å²) in [6, 6.07) is 5.60. The molecule has 0 spiro atoms. The first-order valence-corrected chi connectivity index (χ1v) is 7.05. The van der Waals surface area contributed by atoms with E-state index in [2.05, 4.69) is 5.32 Å². The Balaban J connectivity index is 1.76. The first kappa shape index (κ1) is 15.4. The number of carboxylic acids is 1. The number of anilines is 1. The van der Waals surface area contributed by atoms with Crippen LogP contribution in [0.15, 0.2) is 24.3 Å². The molecule has 1 aliphatic heterocycles. The topological polar surface area (TPSA) is 69.6 Å².